The van der Waals surface area contributed by atoms with Gasteiger partial charge in [0, 0.05) is 30.3 Å². The number of aromatic hydroxyl groups is 1. The standard InChI is InChI=1S/C20H25N9O2/c21-11-1-3-13(4-2-11)26-17-7-14(25-12-5-6-12)19-22-9-15(29(19)28-17)20(31)27-16-8-18(30)24-10-23-16/h7-13,25H,1-6,21H2,(H,26,28)(H2,23,24,27,30,31)/t11-,13-. The molecule has 3 aromatic rings. The molecule has 3 heterocycles. The van der Waals surface area contributed by atoms with Crippen LogP contribution in [0.1, 0.15) is 49.0 Å². The summed E-state index contributed by atoms with van der Waals surface area (Å²) in [5, 5.41) is 23.8. The van der Waals surface area contributed by atoms with Crippen LogP contribution in [0.5, 0.6) is 5.88 Å². The fraction of sp³-hybridized carbons (Fsp3) is 0.450. The van der Waals surface area contributed by atoms with Gasteiger partial charge in [-0.05, 0) is 38.5 Å². The predicted molar refractivity (Wildman–Crippen MR) is 115 cm³/mol. The fourth-order valence-corrected chi connectivity index (χ4v) is 3.82. The summed E-state index contributed by atoms with van der Waals surface area (Å²) in [5.74, 6) is 0.215. The minimum absolute atomic E-state index is 0.191. The van der Waals surface area contributed by atoms with Gasteiger partial charge in [0.25, 0.3) is 5.91 Å². The second-order valence-corrected chi connectivity index (χ2v) is 8.21. The molecule has 3 aromatic heterocycles. The summed E-state index contributed by atoms with van der Waals surface area (Å²) in [6.07, 6.45) is 8.83. The Morgan fingerprint density at radius 2 is 1.74 bits per heavy atom. The molecule has 6 N–H and O–H groups in total. The van der Waals surface area contributed by atoms with Gasteiger partial charge in [-0.25, -0.2) is 19.5 Å². The summed E-state index contributed by atoms with van der Waals surface area (Å²) < 4.78 is 1.54. The van der Waals surface area contributed by atoms with E-state index in [9.17, 15) is 9.90 Å². The molecule has 0 radical (unpaired) electrons. The summed E-state index contributed by atoms with van der Waals surface area (Å²) in [6.45, 7) is 0. The van der Waals surface area contributed by atoms with Crippen LogP contribution in [0.3, 0.4) is 0 Å². The zero-order valence-electron chi connectivity index (χ0n) is 17.0. The minimum atomic E-state index is -0.434. The summed E-state index contributed by atoms with van der Waals surface area (Å²) in [6, 6.07) is 4.22. The molecule has 2 aliphatic carbocycles. The molecule has 0 saturated heterocycles. The van der Waals surface area contributed by atoms with E-state index in [0.29, 0.717) is 23.5 Å². The highest BCUT2D eigenvalue weighted by molar-refractivity contribution is 6.03. The summed E-state index contributed by atoms with van der Waals surface area (Å²) in [7, 11) is 0. The van der Waals surface area contributed by atoms with Crippen molar-refractivity contribution in [3.8, 4) is 5.88 Å². The number of amides is 1. The number of hydrogen-bond donors (Lipinski definition) is 5. The van der Waals surface area contributed by atoms with Gasteiger partial charge in [0.1, 0.15) is 18.0 Å². The number of carbonyl (C=O) groups excluding carboxylic acids is 1. The third-order valence-corrected chi connectivity index (χ3v) is 5.66. The molecule has 11 heteroatoms. The van der Waals surface area contributed by atoms with Gasteiger partial charge in [-0.15, -0.1) is 5.10 Å². The Morgan fingerprint density at radius 1 is 1.00 bits per heavy atom. The van der Waals surface area contributed by atoms with Crippen LogP contribution in [0.25, 0.3) is 5.65 Å². The molecule has 0 aliphatic heterocycles. The highest BCUT2D eigenvalue weighted by Crippen LogP contribution is 2.29. The number of carbonyl (C=O) groups is 1. The predicted octanol–water partition coefficient (Wildman–Crippen LogP) is 1.73. The lowest BCUT2D eigenvalue weighted by molar-refractivity contribution is 0.102. The first-order valence-electron chi connectivity index (χ1n) is 10.5. The van der Waals surface area contributed by atoms with Crippen molar-refractivity contribution in [2.24, 2.45) is 5.73 Å². The molecular weight excluding hydrogens is 398 g/mol. The smallest absolute Gasteiger partial charge is 0.277 e. The van der Waals surface area contributed by atoms with Crippen molar-refractivity contribution < 1.29 is 9.90 Å². The van der Waals surface area contributed by atoms with E-state index in [0.717, 1.165) is 44.2 Å². The molecule has 162 valence electrons. The first-order chi connectivity index (χ1) is 15.0. The van der Waals surface area contributed by atoms with Crippen LogP contribution < -0.4 is 21.7 Å². The van der Waals surface area contributed by atoms with E-state index in [-0.39, 0.29) is 23.4 Å². The van der Waals surface area contributed by atoms with Crippen LogP contribution in [0, 0.1) is 0 Å². The molecule has 0 aromatic carbocycles. The van der Waals surface area contributed by atoms with Crippen molar-refractivity contribution in [1.82, 2.24) is 24.6 Å². The van der Waals surface area contributed by atoms with Gasteiger partial charge < -0.3 is 26.8 Å². The minimum Gasteiger partial charge on any atom is -0.493 e. The lowest BCUT2D eigenvalue weighted by Gasteiger charge is -2.27. The number of anilines is 3. The molecule has 0 bridgehead atoms. The first kappa shape index (κ1) is 19.5. The molecule has 2 saturated carbocycles. The Bertz CT molecular complexity index is 1100. The van der Waals surface area contributed by atoms with Crippen LogP contribution in [-0.2, 0) is 0 Å². The van der Waals surface area contributed by atoms with Gasteiger partial charge in [0.15, 0.2) is 11.3 Å². The number of rotatable bonds is 6. The lowest BCUT2D eigenvalue weighted by atomic mass is 9.92. The fourth-order valence-electron chi connectivity index (χ4n) is 3.82. The van der Waals surface area contributed by atoms with Gasteiger partial charge in [-0.1, -0.05) is 0 Å². The van der Waals surface area contributed by atoms with Crippen LogP contribution >= 0.6 is 0 Å². The first-order valence-corrected chi connectivity index (χ1v) is 10.5. The van der Waals surface area contributed by atoms with E-state index >= 15 is 0 Å². The van der Waals surface area contributed by atoms with E-state index in [2.05, 4.69) is 36.0 Å². The maximum atomic E-state index is 12.9. The number of aromatic nitrogens is 5. The van der Waals surface area contributed by atoms with Gasteiger partial charge in [0.05, 0.1) is 11.9 Å². The third-order valence-electron chi connectivity index (χ3n) is 5.66. The highest BCUT2D eigenvalue weighted by Gasteiger charge is 2.25. The SMILES string of the molecule is N[C@H]1CC[C@H](Nc2cc(NC3CC3)c3ncc(C(=O)Nc4cc(O)ncn4)n3n2)CC1. The molecule has 0 unspecified atom stereocenters. The molecule has 2 aliphatic rings. The molecule has 1 amide bonds. The van der Waals surface area contributed by atoms with E-state index in [1.807, 2.05) is 6.07 Å². The van der Waals surface area contributed by atoms with Crippen LogP contribution in [0.15, 0.2) is 24.7 Å². The molecule has 0 spiro atoms. The largest absolute Gasteiger partial charge is 0.493 e. The quantitative estimate of drug-likeness (QED) is 0.398. The van der Waals surface area contributed by atoms with Crippen molar-refractivity contribution in [3.63, 3.8) is 0 Å². The van der Waals surface area contributed by atoms with Crippen LogP contribution in [0.4, 0.5) is 17.3 Å². The van der Waals surface area contributed by atoms with Crippen molar-refractivity contribution in [3.05, 3.63) is 30.4 Å². The Labute approximate surface area is 178 Å². The summed E-state index contributed by atoms with van der Waals surface area (Å²) in [4.78, 5) is 24.9. The van der Waals surface area contributed by atoms with Gasteiger partial charge in [-0.2, -0.15) is 0 Å². The molecular formula is C20H25N9O2. The maximum absolute atomic E-state index is 12.9. The Balaban J connectivity index is 1.45. The Morgan fingerprint density at radius 3 is 2.48 bits per heavy atom. The summed E-state index contributed by atoms with van der Waals surface area (Å²) >= 11 is 0. The second kappa shape index (κ2) is 7.99. The summed E-state index contributed by atoms with van der Waals surface area (Å²) in [5.41, 5.74) is 7.71. The number of fused-ring (bicyclic) bond motifs is 1. The molecule has 2 fully saturated rings. The van der Waals surface area contributed by atoms with Crippen molar-refractivity contribution in [1.29, 1.82) is 0 Å². The molecule has 5 rings (SSSR count). The van der Waals surface area contributed by atoms with Crippen molar-refractivity contribution in [2.45, 2.75) is 56.7 Å². The monoisotopic (exact) mass is 423 g/mol. The van der Waals surface area contributed by atoms with Gasteiger partial charge >= 0.3 is 0 Å². The Hall–Kier alpha value is -3.47. The third kappa shape index (κ3) is 4.36. The average Bonchev–Trinajstić information content (AvgIpc) is 3.45. The zero-order valence-corrected chi connectivity index (χ0v) is 17.0. The second-order valence-electron chi connectivity index (χ2n) is 8.21. The number of imidazole rings is 1. The average molecular weight is 423 g/mol. The van der Waals surface area contributed by atoms with Crippen molar-refractivity contribution in [2.75, 3.05) is 16.0 Å². The molecule has 0 atom stereocenters. The van der Waals surface area contributed by atoms with Gasteiger partial charge in [0.2, 0.25) is 5.88 Å². The molecule has 11 nitrogen and oxygen atoms in total. The zero-order chi connectivity index (χ0) is 21.4. The highest BCUT2D eigenvalue weighted by atomic mass is 16.3. The van der Waals surface area contributed by atoms with Gasteiger partial charge in [-0.3, -0.25) is 4.79 Å². The lowest BCUT2D eigenvalue weighted by Crippen LogP contribution is -2.33. The van der Waals surface area contributed by atoms with E-state index in [1.165, 1.54) is 23.1 Å². The number of nitrogens with one attached hydrogen (secondary N) is 3. The van der Waals surface area contributed by atoms with Crippen molar-refractivity contribution >= 4 is 28.9 Å². The number of nitrogens with two attached hydrogens (primary N) is 1. The Kier molecular flexibility index (Phi) is 5.02. The van der Waals surface area contributed by atoms with E-state index < -0.39 is 5.91 Å². The topological polar surface area (TPSA) is 155 Å². The number of hydrogen-bond acceptors (Lipinski definition) is 9. The molecule has 31 heavy (non-hydrogen) atoms. The van der Waals surface area contributed by atoms with Crippen LogP contribution in [0.2, 0.25) is 0 Å². The van der Waals surface area contributed by atoms with Crippen LogP contribution in [-0.4, -0.2) is 53.7 Å². The number of nitrogens with zero attached hydrogens (tertiary/aromatic N) is 5. The van der Waals surface area contributed by atoms with E-state index in [4.69, 9.17) is 5.73 Å². The van der Waals surface area contributed by atoms with E-state index in [1.54, 1.807) is 0 Å². The normalized spacial score (nSPS) is 21.1. The maximum Gasteiger partial charge on any atom is 0.277 e.